The van der Waals surface area contributed by atoms with Crippen molar-refractivity contribution in [2.24, 2.45) is 0 Å². The Bertz CT molecular complexity index is 271. The topological polar surface area (TPSA) is 12.0 Å². The van der Waals surface area contributed by atoms with Crippen molar-refractivity contribution >= 4 is 5.69 Å². The van der Waals surface area contributed by atoms with E-state index in [1.54, 1.807) is 0 Å². The van der Waals surface area contributed by atoms with E-state index in [1.165, 1.54) is 23.2 Å². The molecule has 1 heteroatoms. The lowest BCUT2D eigenvalue weighted by Crippen LogP contribution is -1.90. The van der Waals surface area contributed by atoms with Crippen LogP contribution in [0.2, 0.25) is 0 Å². The van der Waals surface area contributed by atoms with Gasteiger partial charge in [-0.05, 0) is 30.0 Å². The maximum Gasteiger partial charge on any atom is 0.0373 e. The Hall–Kier alpha value is -0.980. The van der Waals surface area contributed by atoms with Gasteiger partial charge >= 0.3 is 0 Å². The molecule has 1 aliphatic heterocycles. The Labute approximate surface area is 68.9 Å². The van der Waals surface area contributed by atoms with Gasteiger partial charge in [0.05, 0.1) is 0 Å². The van der Waals surface area contributed by atoms with Crippen LogP contribution in [0.15, 0.2) is 18.2 Å². The molecule has 0 unspecified atom stereocenters. The zero-order chi connectivity index (χ0) is 7.68. The van der Waals surface area contributed by atoms with Crippen molar-refractivity contribution in [3.05, 3.63) is 29.3 Å². The number of anilines is 1. The highest BCUT2D eigenvalue weighted by Gasteiger charge is 2.08. The molecule has 0 radical (unpaired) electrons. The number of fused-ring (bicyclic) bond motifs is 1. The molecule has 0 saturated heterocycles. The molecule has 60 valence electrons. The summed E-state index contributed by atoms with van der Waals surface area (Å²) >= 11 is 0. The van der Waals surface area contributed by atoms with Gasteiger partial charge in [-0.3, -0.25) is 0 Å². The predicted octanol–water partition coefficient (Wildman–Crippen LogP) is 2.46. The van der Waals surface area contributed by atoms with Gasteiger partial charge in [-0.15, -0.1) is 0 Å². The van der Waals surface area contributed by atoms with Crippen molar-refractivity contribution in [1.29, 1.82) is 0 Å². The van der Waals surface area contributed by atoms with Crippen LogP contribution in [-0.2, 0) is 12.8 Å². The average molecular weight is 149 g/mol. The van der Waals surface area contributed by atoms with E-state index in [9.17, 15) is 0 Å². The van der Waals surface area contributed by atoms with E-state index < -0.39 is 0 Å². The second kappa shape index (κ2) is 2.57. The number of hydrogen-bond donors (Lipinski definition) is 1. The summed E-state index contributed by atoms with van der Waals surface area (Å²) < 4.78 is 0. The molecule has 1 aromatic rings. The molecule has 0 fully saturated rings. The lowest BCUT2D eigenvalue weighted by molar-refractivity contribution is 1.09. The summed E-state index contributed by atoms with van der Waals surface area (Å²) in [6, 6.07) is 6.72. The van der Waals surface area contributed by atoms with Crippen molar-refractivity contribution in [2.45, 2.75) is 19.8 Å². The number of rotatable bonds is 1. The second-order valence-corrected chi connectivity index (χ2v) is 3.02. The van der Waals surface area contributed by atoms with Crippen molar-refractivity contribution in [3.8, 4) is 0 Å². The van der Waals surface area contributed by atoms with Crippen LogP contribution in [0.1, 0.15) is 19.5 Å². The monoisotopic (exact) mass is 149 g/mol. The Balaban J connectivity index is 0.000000720. The standard InChI is InChI=1S/C10H13N.H2/c1-2-8-3-4-10-9(7-8)5-6-11-10;/h3-4,7,11H,2,5-6H2,1H3;1H. The van der Waals surface area contributed by atoms with E-state index >= 15 is 0 Å². The minimum absolute atomic E-state index is 0. The molecule has 1 heterocycles. The van der Waals surface area contributed by atoms with Crippen LogP contribution in [0.4, 0.5) is 5.69 Å². The van der Waals surface area contributed by atoms with Crippen LogP contribution in [0, 0.1) is 0 Å². The summed E-state index contributed by atoms with van der Waals surface area (Å²) in [5.74, 6) is 0. The summed E-state index contributed by atoms with van der Waals surface area (Å²) in [6.07, 6.45) is 2.34. The van der Waals surface area contributed by atoms with Crippen molar-refractivity contribution in [2.75, 3.05) is 11.9 Å². The predicted molar refractivity (Wildman–Crippen MR) is 50.1 cm³/mol. The van der Waals surface area contributed by atoms with Gasteiger partial charge in [-0.25, -0.2) is 0 Å². The smallest absolute Gasteiger partial charge is 0.0373 e. The Morgan fingerprint density at radius 3 is 3.27 bits per heavy atom. The van der Waals surface area contributed by atoms with E-state index in [0.29, 0.717) is 0 Å². The van der Waals surface area contributed by atoms with Gasteiger partial charge in [-0.2, -0.15) is 0 Å². The normalized spacial score (nSPS) is 14.3. The third kappa shape index (κ3) is 1.11. The molecule has 0 aliphatic carbocycles. The molecular formula is C10H15N. The van der Waals surface area contributed by atoms with Gasteiger partial charge in [0.15, 0.2) is 0 Å². The highest BCUT2D eigenvalue weighted by molar-refractivity contribution is 5.56. The molecule has 0 atom stereocenters. The van der Waals surface area contributed by atoms with Gasteiger partial charge < -0.3 is 5.32 Å². The molecule has 2 rings (SSSR count). The first-order valence-corrected chi connectivity index (χ1v) is 4.26. The molecule has 1 aromatic carbocycles. The van der Waals surface area contributed by atoms with Crippen LogP contribution in [0.25, 0.3) is 0 Å². The molecule has 0 saturated carbocycles. The van der Waals surface area contributed by atoms with Gasteiger partial charge in [0, 0.05) is 13.7 Å². The number of nitrogens with one attached hydrogen (secondary N) is 1. The first-order chi connectivity index (χ1) is 5.40. The minimum atomic E-state index is 0. The molecule has 0 bridgehead atoms. The Morgan fingerprint density at radius 2 is 2.45 bits per heavy atom. The van der Waals surface area contributed by atoms with Crippen molar-refractivity contribution in [1.82, 2.24) is 0 Å². The lowest BCUT2D eigenvalue weighted by atomic mass is 10.1. The maximum absolute atomic E-state index is 3.35. The van der Waals surface area contributed by atoms with Crippen LogP contribution in [0.5, 0.6) is 0 Å². The largest absolute Gasteiger partial charge is 0.384 e. The summed E-state index contributed by atoms with van der Waals surface area (Å²) in [7, 11) is 0. The molecule has 0 aromatic heterocycles. The zero-order valence-electron chi connectivity index (χ0n) is 6.85. The highest BCUT2D eigenvalue weighted by Crippen LogP contribution is 2.22. The van der Waals surface area contributed by atoms with E-state index in [-0.39, 0.29) is 1.43 Å². The van der Waals surface area contributed by atoms with Crippen LogP contribution in [0.3, 0.4) is 0 Å². The fourth-order valence-corrected chi connectivity index (χ4v) is 1.58. The van der Waals surface area contributed by atoms with Crippen LogP contribution in [-0.4, -0.2) is 6.54 Å². The SMILES string of the molecule is CCc1ccc2c(c1)CCN2.[HH]. The first-order valence-electron chi connectivity index (χ1n) is 4.26. The quantitative estimate of drug-likeness (QED) is 0.646. The lowest BCUT2D eigenvalue weighted by Gasteiger charge is -2.01. The van der Waals surface area contributed by atoms with Gasteiger partial charge in [0.2, 0.25) is 0 Å². The summed E-state index contributed by atoms with van der Waals surface area (Å²) in [5, 5.41) is 3.35. The fraction of sp³-hybridized carbons (Fsp3) is 0.400. The Morgan fingerprint density at radius 1 is 1.55 bits per heavy atom. The van der Waals surface area contributed by atoms with E-state index in [1.807, 2.05) is 0 Å². The van der Waals surface area contributed by atoms with Gasteiger partial charge in [0.25, 0.3) is 0 Å². The van der Waals surface area contributed by atoms with Gasteiger partial charge in [0.1, 0.15) is 0 Å². The minimum Gasteiger partial charge on any atom is -0.384 e. The molecule has 0 spiro atoms. The third-order valence-electron chi connectivity index (χ3n) is 2.29. The molecule has 1 N–H and O–H groups in total. The van der Waals surface area contributed by atoms with Crippen LogP contribution >= 0.6 is 0 Å². The number of hydrogen-bond acceptors (Lipinski definition) is 1. The summed E-state index contributed by atoms with van der Waals surface area (Å²) in [5.41, 5.74) is 4.28. The van der Waals surface area contributed by atoms with Gasteiger partial charge in [-0.1, -0.05) is 19.1 Å². The fourth-order valence-electron chi connectivity index (χ4n) is 1.58. The van der Waals surface area contributed by atoms with E-state index in [0.717, 1.165) is 13.0 Å². The molecule has 1 nitrogen and oxygen atoms in total. The molecule has 11 heavy (non-hydrogen) atoms. The Kier molecular flexibility index (Phi) is 1.57. The maximum atomic E-state index is 3.35. The highest BCUT2D eigenvalue weighted by atomic mass is 14.9. The van der Waals surface area contributed by atoms with Crippen LogP contribution < -0.4 is 5.32 Å². The van der Waals surface area contributed by atoms with E-state index in [4.69, 9.17) is 0 Å². The first kappa shape index (κ1) is 6.71. The third-order valence-corrected chi connectivity index (χ3v) is 2.29. The molecule has 0 amide bonds. The molecular weight excluding hydrogens is 134 g/mol. The van der Waals surface area contributed by atoms with E-state index in [2.05, 4.69) is 30.4 Å². The average Bonchev–Trinajstić information content (AvgIpc) is 2.50. The zero-order valence-corrected chi connectivity index (χ0v) is 6.85. The van der Waals surface area contributed by atoms with Crippen molar-refractivity contribution < 1.29 is 1.43 Å². The number of aryl methyl sites for hydroxylation is 1. The number of benzene rings is 1. The van der Waals surface area contributed by atoms with Crippen molar-refractivity contribution in [3.63, 3.8) is 0 Å². The summed E-state index contributed by atoms with van der Waals surface area (Å²) in [4.78, 5) is 0. The summed E-state index contributed by atoms with van der Waals surface area (Å²) in [6.45, 7) is 3.31. The second-order valence-electron chi connectivity index (χ2n) is 3.02. The molecule has 1 aliphatic rings.